The Morgan fingerprint density at radius 1 is 0.686 bits per heavy atom. The van der Waals surface area contributed by atoms with E-state index in [4.69, 9.17) is 5.73 Å². The third-order valence-electron chi connectivity index (χ3n) is 7.05. The van der Waals surface area contributed by atoms with Crippen LogP contribution in [0.2, 0.25) is 0 Å². The van der Waals surface area contributed by atoms with E-state index >= 15 is 0 Å². The molecule has 210 valence electrons. The van der Waals surface area contributed by atoms with Crippen LogP contribution >= 0.6 is 0 Å². The fraction of sp³-hybridized carbons (Fsp3) is 0.933. The van der Waals surface area contributed by atoms with Crippen LogP contribution in [-0.4, -0.2) is 52.3 Å². The second kappa shape index (κ2) is 22.7. The van der Waals surface area contributed by atoms with Gasteiger partial charge in [-0.2, -0.15) is 0 Å². The fourth-order valence-electron chi connectivity index (χ4n) is 5.22. The highest BCUT2D eigenvalue weighted by molar-refractivity contribution is 4.95. The van der Waals surface area contributed by atoms with Crippen LogP contribution in [-0.2, 0) is 0 Å². The number of aliphatic hydroxyl groups excluding tert-OH is 3. The highest BCUT2D eigenvalue weighted by Gasteiger charge is 2.37. The predicted molar refractivity (Wildman–Crippen MR) is 152 cm³/mol. The van der Waals surface area contributed by atoms with Crippen LogP contribution in [0.3, 0.4) is 0 Å². The lowest BCUT2D eigenvalue weighted by atomic mass is 9.74. The van der Waals surface area contributed by atoms with E-state index in [0.717, 1.165) is 13.0 Å². The first-order valence-corrected chi connectivity index (χ1v) is 14.9. The van der Waals surface area contributed by atoms with E-state index in [1.165, 1.54) is 83.5 Å². The Hall–Kier alpha value is -0.460. The van der Waals surface area contributed by atoms with Gasteiger partial charge in [-0.25, -0.2) is 0 Å². The minimum atomic E-state index is -0.699. The Bertz CT molecular complexity index is 470. The molecule has 0 saturated heterocycles. The van der Waals surface area contributed by atoms with Crippen LogP contribution in [0.1, 0.15) is 137 Å². The molecule has 0 aliphatic heterocycles. The Labute approximate surface area is 218 Å². The molecule has 0 rings (SSSR count). The molecule has 0 bridgehead atoms. The topological polar surface area (TPSA) is 98.7 Å². The maximum Gasteiger partial charge on any atom is 0.0529 e. The lowest BCUT2D eigenvalue weighted by molar-refractivity contribution is 0.0523. The van der Waals surface area contributed by atoms with E-state index in [2.05, 4.69) is 24.4 Å². The summed E-state index contributed by atoms with van der Waals surface area (Å²) in [6.45, 7) is 9.17. The maximum atomic E-state index is 9.99. The smallest absolute Gasteiger partial charge is 0.0529 e. The standard InChI is InChI=1S/C30H62N2O3/c1-5-6-7-8-9-10-11-12-13-14-15-16-17-18-19-20-21-32-25-29(22-26(2)33)30(31,23-27(3)34)24-28(4)35/h12-13,26-29,32-35H,5-11,14-25,31H2,1-4H3. The van der Waals surface area contributed by atoms with Crippen LogP contribution in [0.4, 0.5) is 0 Å². The van der Waals surface area contributed by atoms with Gasteiger partial charge in [0.2, 0.25) is 0 Å². The summed E-state index contributed by atoms with van der Waals surface area (Å²) in [4.78, 5) is 0. The molecule has 0 amide bonds. The van der Waals surface area contributed by atoms with Gasteiger partial charge in [0.05, 0.1) is 18.3 Å². The molecule has 0 aliphatic carbocycles. The second-order valence-electron chi connectivity index (χ2n) is 11.3. The van der Waals surface area contributed by atoms with Crippen molar-refractivity contribution in [2.24, 2.45) is 11.7 Å². The Morgan fingerprint density at radius 3 is 1.60 bits per heavy atom. The van der Waals surface area contributed by atoms with Crippen LogP contribution in [0.5, 0.6) is 0 Å². The van der Waals surface area contributed by atoms with E-state index in [1.54, 1.807) is 20.8 Å². The first-order valence-electron chi connectivity index (χ1n) is 14.9. The molecule has 0 aromatic rings. The molecular weight excluding hydrogens is 436 g/mol. The number of aliphatic hydroxyl groups is 3. The molecule has 0 radical (unpaired) electrons. The molecule has 5 nitrogen and oxygen atoms in total. The normalized spacial score (nSPS) is 17.4. The molecule has 35 heavy (non-hydrogen) atoms. The lowest BCUT2D eigenvalue weighted by Gasteiger charge is -2.40. The van der Waals surface area contributed by atoms with E-state index in [9.17, 15) is 15.3 Å². The van der Waals surface area contributed by atoms with E-state index in [-0.39, 0.29) is 5.92 Å². The summed E-state index contributed by atoms with van der Waals surface area (Å²) in [5.41, 5.74) is 5.99. The minimum absolute atomic E-state index is 0.000752. The summed E-state index contributed by atoms with van der Waals surface area (Å²) < 4.78 is 0. The van der Waals surface area contributed by atoms with Crippen molar-refractivity contribution in [1.82, 2.24) is 5.32 Å². The van der Waals surface area contributed by atoms with Crippen molar-refractivity contribution >= 4 is 0 Å². The zero-order chi connectivity index (χ0) is 26.4. The van der Waals surface area contributed by atoms with E-state index in [0.29, 0.717) is 25.8 Å². The number of hydrogen-bond donors (Lipinski definition) is 5. The molecular formula is C30H62N2O3. The summed E-state index contributed by atoms with van der Waals surface area (Å²) in [7, 11) is 0. The van der Waals surface area contributed by atoms with Crippen LogP contribution in [0, 0.1) is 5.92 Å². The number of rotatable bonds is 25. The van der Waals surface area contributed by atoms with Crippen molar-refractivity contribution in [3.8, 4) is 0 Å². The molecule has 0 aromatic carbocycles. The fourth-order valence-corrected chi connectivity index (χ4v) is 5.22. The number of nitrogens with one attached hydrogen (secondary N) is 1. The van der Waals surface area contributed by atoms with Crippen LogP contribution in [0.15, 0.2) is 12.2 Å². The number of allylic oxidation sites excluding steroid dienone is 2. The van der Waals surface area contributed by atoms with Gasteiger partial charge in [0.25, 0.3) is 0 Å². The van der Waals surface area contributed by atoms with Crippen molar-refractivity contribution in [3.05, 3.63) is 12.2 Å². The summed E-state index contributed by atoms with van der Waals surface area (Å²) in [5.74, 6) is 0.000752. The van der Waals surface area contributed by atoms with E-state index < -0.39 is 23.9 Å². The summed E-state index contributed by atoms with van der Waals surface area (Å²) in [5, 5.41) is 33.4. The average Bonchev–Trinajstić information content (AvgIpc) is 2.76. The van der Waals surface area contributed by atoms with Crippen LogP contribution in [0.25, 0.3) is 0 Å². The molecule has 4 unspecified atom stereocenters. The van der Waals surface area contributed by atoms with Gasteiger partial charge in [-0.1, -0.05) is 76.9 Å². The van der Waals surface area contributed by atoms with Gasteiger partial charge in [-0.05, 0) is 91.1 Å². The summed E-state index contributed by atoms with van der Waals surface area (Å²) in [6, 6.07) is 0. The SMILES string of the molecule is CCCCCCCCC=CCCCCCCCCNCC(CC(C)O)C(N)(CC(C)O)CC(C)O. The number of hydrogen-bond acceptors (Lipinski definition) is 5. The Kier molecular flexibility index (Phi) is 22.4. The lowest BCUT2D eigenvalue weighted by Crippen LogP contribution is -2.54. The molecule has 4 atom stereocenters. The molecule has 0 heterocycles. The highest BCUT2D eigenvalue weighted by Crippen LogP contribution is 2.29. The monoisotopic (exact) mass is 498 g/mol. The third-order valence-corrected chi connectivity index (χ3v) is 7.05. The first kappa shape index (κ1) is 34.5. The average molecular weight is 499 g/mol. The van der Waals surface area contributed by atoms with Gasteiger partial charge in [-0.15, -0.1) is 0 Å². The number of unbranched alkanes of at least 4 members (excludes halogenated alkanes) is 12. The van der Waals surface area contributed by atoms with Gasteiger partial charge in [-0.3, -0.25) is 0 Å². The first-order chi connectivity index (χ1) is 16.7. The largest absolute Gasteiger partial charge is 0.393 e. The van der Waals surface area contributed by atoms with Gasteiger partial charge in [0.15, 0.2) is 0 Å². The molecule has 0 spiro atoms. The zero-order valence-electron chi connectivity index (χ0n) is 23.8. The van der Waals surface area contributed by atoms with Crippen molar-refractivity contribution in [2.45, 2.75) is 161 Å². The van der Waals surface area contributed by atoms with Crippen molar-refractivity contribution in [3.63, 3.8) is 0 Å². The maximum absolute atomic E-state index is 9.99. The van der Waals surface area contributed by atoms with Crippen molar-refractivity contribution in [1.29, 1.82) is 0 Å². The molecule has 0 aromatic heterocycles. The van der Waals surface area contributed by atoms with Gasteiger partial charge < -0.3 is 26.4 Å². The predicted octanol–water partition coefficient (Wildman–Crippen LogP) is 6.24. The highest BCUT2D eigenvalue weighted by atomic mass is 16.3. The van der Waals surface area contributed by atoms with Crippen LogP contribution < -0.4 is 11.1 Å². The minimum Gasteiger partial charge on any atom is -0.393 e. The van der Waals surface area contributed by atoms with E-state index in [1.807, 2.05) is 0 Å². The second-order valence-corrected chi connectivity index (χ2v) is 11.3. The molecule has 6 N–H and O–H groups in total. The molecule has 5 heteroatoms. The summed E-state index contributed by atoms with van der Waals surface area (Å²) in [6.07, 6.45) is 23.0. The van der Waals surface area contributed by atoms with Crippen molar-refractivity contribution < 1.29 is 15.3 Å². The Balaban J connectivity index is 3.92. The quantitative estimate of drug-likeness (QED) is 0.0758. The molecule has 0 saturated carbocycles. The van der Waals surface area contributed by atoms with Gasteiger partial charge in [0.1, 0.15) is 0 Å². The van der Waals surface area contributed by atoms with Gasteiger partial charge in [0, 0.05) is 5.54 Å². The molecule has 0 aliphatic rings. The zero-order valence-corrected chi connectivity index (χ0v) is 23.8. The summed E-state index contributed by atoms with van der Waals surface area (Å²) >= 11 is 0. The Morgan fingerprint density at radius 2 is 1.14 bits per heavy atom. The third kappa shape index (κ3) is 21.3. The molecule has 0 fully saturated rings. The van der Waals surface area contributed by atoms with Crippen molar-refractivity contribution in [2.75, 3.05) is 13.1 Å². The number of nitrogens with two attached hydrogens (primary N) is 1. The van der Waals surface area contributed by atoms with Gasteiger partial charge >= 0.3 is 0 Å².